The fourth-order valence-electron chi connectivity index (χ4n) is 1.91. The fraction of sp³-hybridized carbons (Fsp3) is 0.308. The Bertz CT molecular complexity index is 857. The summed E-state index contributed by atoms with van der Waals surface area (Å²) in [6, 6.07) is 3.88. The molecule has 0 aliphatic carbocycles. The molecular formula is C13H13F3N6O4S. The molecule has 1 aromatic heterocycles. The summed E-state index contributed by atoms with van der Waals surface area (Å²) in [7, 11) is 0. The molecule has 1 amide bonds. The molecule has 14 heteroatoms. The number of halogens is 3. The normalized spacial score (nSPS) is 11.3. The molecule has 0 fully saturated rings. The van der Waals surface area contributed by atoms with Crippen LogP contribution in [0.15, 0.2) is 23.4 Å². The number of nitro groups is 1. The number of benzene rings is 1. The number of thioether (sulfide) groups is 1. The Labute approximate surface area is 154 Å². The second-order valence-electron chi connectivity index (χ2n) is 4.88. The van der Waals surface area contributed by atoms with Crippen molar-refractivity contribution in [3.05, 3.63) is 34.1 Å². The first kappa shape index (κ1) is 20.3. The monoisotopic (exact) mass is 406 g/mol. The maximum atomic E-state index is 12.6. The fourth-order valence-corrected chi connectivity index (χ4v) is 2.57. The molecule has 27 heavy (non-hydrogen) atoms. The van der Waals surface area contributed by atoms with Crippen molar-refractivity contribution in [3.8, 4) is 5.75 Å². The van der Waals surface area contributed by atoms with E-state index < -0.39 is 28.6 Å². The maximum Gasteiger partial charge on any atom is 0.453 e. The number of carbonyl (C=O) groups is 1. The molecule has 0 bridgehead atoms. The molecule has 1 aromatic carbocycles. The van der Waals surface area contributed by atoms with E-state index in [0.29, 0.717) is 18.4 Å². The number of nitrogen functional groups attached to an aromatic ring is 1. The Kier molecular flexibility index (Phi) is 6.09. The Balaban J connectivity index is 2.06. The van der Waals surface area contributed by atoms with Gasteiger partial charge in [-0.3, -0.25) is 14.9 Å². The largest absolute Gasteiger partial charge is 0.494 e. The number of hydrogen-bond donors (Lipinski definition) is 2. The van der Waals surface area contributed by atoms with Crippen molar-refractivity contribution in [1.82, 2.24) is 14.9 Å². The predicted molar refractivity (Wildman–Crippen MR) is 88.8 cm³/mol. The van der Waals surface area contributed by atoms with Crippen LogP contribution in [0.2, 0.25) is 0 Å². The third-order valence-electron chi connectivity index (χ3n) is 3.00. The quantitative estimate of drug-likeness (QED) is 0.308. The van der Waals surface area contributed by atoms with Crippen LogP contribution in [0.1, 0.15) is 12.7 Å². The molecule has 10 nitrogen and oxygen atoms in total. The lowest BCUT2D eigenvalue weighted by Crippen LogP contribution is -2.22. The van der Waals surface area contributed by atoms with E-state index in [9.17, 15) is 28.1 Å². The van der Waals surface area contributed by atoms with Gasteiger partial charge < -0.3 is 15.9 Å². The number of ether oxygens (including phenoxy) is 1. The summed E-state index contributed by atoms with van der Waals surface area (Å²) in [5.74, 6) is 3.00. The zero-order valence-corrected chi connectivity index (χ0v) is 14.5. The highest BCUT2D eigenvalue weighted by molar-refractivity contribution is 7.99. The SMILES string of the molecule is CCOc1ccc(NC(=O)CSc2nnc(C(F)(F)F)n2N)c([N+](=O)[O-])c1. The van der Waals surface area contributed by atoms with E-state index in [4.69, 9.17) is 10.6 Å². The molecule has 3 N–H and O–H groups in total. The second-order valence-corrected chi connectivity index (χ2v) is 5.82. The number of amides is 1. The van der Waals surface area contributed by atoms with Crippen molar-refractivity contribution < 1.29 is 27.6 Å². The number of nitrogens with zero attached hydrogens (tertiary/aromatic N) is 4. The van der Waals surface area contributed by atoms with Crippen molar-refractivity contribution in [2.45, 2.75) is 18.3 Å². The van der Waals surface area contributed by atoms with Gasteiger partial charge in [0.25, 0.3) is 11.5 Å². The standard InChI is InChI=1S/C13H13F3N6O4S/c1-2-26-7-3-4-8(9(5-7)22(24)25)18-10(23)6-27-12-20-19-11(21(12)17)13(14,15)16/h3-5H,2,6,17H2,1H3,(H,18,23). The molecule has 0 atom stereocenters. The van der Waals surface area contributed by atoms with Gasteiger partial charge in [0.15, 0.2) is 0 Å². The van der Waals surface area contributed by atoms with Crippen LogP contribution in [0.3, 0.4) is 0 Å². The van der Waals surface area contributed by atoms with Gasteiger partial charge in [0, 0.05) is 0 Å². The summed E-state index contributed by atoms with van der Waals surface area (Å²) >= 11 is 0.595. The molecule has 0 radical (unpaired) electrons. The van der Waals surface area contributed by atoms with Gasteiger partial charge in [0.2, 0.25) is 11.1 Å². The summed E-state index contributed by atoms with van der Waals surface area (Å²) < 4.78 is 43.1. The molecular weight excluding hydrogens is 393 g/mol. The van der Waals surface area contributed by atoms with Gasteiger partial charge >= 0.3 is 6.18 Å². The number of nitrogens with one attached hydrogen (secondary N) is 1. The van der Waals surface area contributed by atoms with Crippen molar-refractivity contribution in [1.29, 1.82) is 0 Å². The average molecular weight is 406 g/mol. The summed E-state index contributed by atoms with van der Waals surface area (Å²) in [4.78, 5) is 22.4. The molecule has 2 aromatic rings. The zero-order valence-electron chi connectivity index (χ0n) is 13.7. The first-order valence-electron chi connectivity index (χ1n) is 7.25. The van der Waals surface area contributed by atoms with Gasteiger partial charge in [-0.1, -0.05) is 11.8 Å². The molecule has 146 valence electrons. The van der Waals surface area contributed by atoms with E-state index in [1.54, 1.807) is 6.92 Å². The number of rotatable bonds is 7. The number of nitro benzene ring substituents is 1. The molecule has 0 aliphatic rings. The Morgan fingerprint density at radius 3 is 2.70 bits per heavy atom. The van der Waals surface area contributed by atoms with Crippen molar-refractivity contribution >= 4 is 29.0 Å². The molecule has 2 rings (SSSR count). The topological polar surface area (TPSA) is 138 Å². The summed E-state index contributed by atoms with van der Waals surface area (Å²) in [6.07, 6.45) is -4.79. The minimum atomic E-state index is -4.79. The highest BCUT2D eigenvalue weighted by atomic mass is 32.2. The summed E-state index contributed by atoms with van der Waals surface area (Å²) in [6.45, 7) is 2.01. The molecule has 0 saturated carbocycles. The van der Waals surface area contributed by atoms with Crippen molar-refractivity contribution in [2.75, 3.05) is 23.5 Å². The van der Waals surface area contributed by atoms with Crippen LogP contribution in [0, 0.1) is 10.1 Å². The predicted octanol–water partition coefficient (Wildman–Crippen LogP) is 2.05. The highest BCUT2D eigenvalue weighted by Crippen LogP contribution is 2.30. The number of nitrogens with two attached hydrogens (primary N) is 1. The summed E-state index contributed by atoms with van der Waals surface area (Å²) in [5.41, 5.74) is -0.472. The average Bonchev–Trinajstić information content (AvgIpc) is 2.95. The van der Waals surface area contributed by atoms with E-state index in [1.807, 2.05) is 0 Å². The van der Waals surface area contributed by atoms with Crippen LogP contribution < -0.4 is 15.9 Å². The van der Waals surface area contributed by atoms with Crippen LogP contribution in [0.25, 0.3) is 0 Å². The van der Waals surface area contributed by atoms with Crippen molar-refractivity contribution in [3.63, 3.8) is 0 Å². The Hall–Kier alpha value is -3.03. The second kappa shape index (κ2) is 8.11. The minimum absolute atomic E-state index is 0.0840. The number of anilines is 1. The molecule has 1 heterocycles. The van der Waals surface area contributed by atoms with E-state index in [0.717, 1.165) is 6.07 Å². The molecule has 0 aliphatic heterocycles. The lowest BCUT2D eigenvalue weighted by molar-refractivity contribution is -0.384. The minimum Gasteiger partial charge on any atom is -0.494 e. The molecule has 0 saturated heterocycles. The summed E-state index contributed by atoms with van der Waals surface area (Å²) in [5, 5.41) is 19.3. The van der Waals surface area contributed by atoms with Gasteiger partial charge in [-0.15, -0.1) is 10.2 Å². The lowest BCUT2D eigenvalue weighted by atomic mass is 10.2. The van der Waals surface area contributed by atoms with Gasteiger partial charge in [-0.25, -0.2) is 4.68 Å². The number of alkyl halides is 3. The van der Waals surface area contributed by atoms with Crippen molar-refractivity contribution in [2.24, 2.45) is 0 Å². The van der Waals surface area contributed by atoms with E-state index in [-0.39, 0.29) is 27.0 Å². The zero-order chi connectivity index (χ0) is 20.2. The van der Waals surface area contributed by atoms with E-state index >= 15 is 0 Å². The van der Waals surface area contributed by atoms with Crippen LogP contribution in [-0.4, -0.2) is 38.1 Å². The highest BCUT2D eigenvalue weighted by Gasteiger charge is 2.38. The molecule has 0 unspecified atom stereocenters. The smallest absolute Gasteiger partial charge is 0.453 e. The first-order chi connectivity index (χ1) is 12.6. The van der Waals surface area contributed by atoms with E-state index in [1.165, 1.54) is 12.1 Å². The van der Waals surface area contributed by atoms with Crippen LogP contribution in [-0.2, 0) is 11.0 Å². The number of hydrogen-bond acceptors (Lipinski definition) is 8. The Morgan fingerprint density at radius 2 is 2.15 bits per heavy atom. The van der Waals surface area contributed by atoms with Gasteiger partial charge in [0.05, 0.1) is 23.3 Å². The lowest BCUT2D eigenvalue weighted by Gasteiger charge is -2.08. The number of aromatic nitrogens is 3. The number of carbonyl (C=O) groups excluding carboxylic acids is 1. The first-order valence-corrected chi connectivity index (χ1v) is 8.23. The third-order valence-corrected chi connectivity index (χ3v) is 3.94. The van der Waals surface area contributed by atoms with Gasteiger partial charge in [-0.05, 0) is 19.1 Å². The van der Waals surface area contributed by atoms with Crippen LogP contribution in [0.4, 0.5) is 24.5 Å². The van der Waals surface area contributed by atoms with Crippen LogP contribution >= 0.6 is 11.8 Å². The third kappa shape index (κ3) is 4.99. The van der Waals surface area contributed by atoms with E-state index in [2.05, 4.69) is 15.5 Å². The van der Waals surface area contributed by atoms with Gasteiger partial charge in [-0.2, -0.15) is 13.2 Å². The Morgan fingerprint density at radius 1 is 1.44 bits per heavy atom. The molecule has 0 spiro atoms. The van der Waals surface area contributed by atoms with Crippen LogP contribution in [0.5, 0.6) is 5.75 Å². The van der Waals surface area contributed by atoms with Gasteiger partial charge in [0.1, 0.15) is 11.4 Å². The maximum absolute atomic E-state index is 12.6.